The first-order chi connectivity index (χ1) is 3.98. The molecule has 0 aromatic heterocycles. The molecular formula is C8H19SiY. The Morgan fingerprint density at radius 3 is 1.70 bits per heavy atom. The second-order valence-corrected chi connectivity index (χ2v) is 6.67. The Hall–Kier alpha value is 1.32. The van der Waals surface area contributed by atoms with Crippen LogP contribution in [0.1, 0.15) is 27.2 Å². The first kappa shape index (κ1) is 13.9. The Balaban J connectivity index is 0. The monoisotopic (exact) mass is 232 g/mol. The van der Waals surface area contributed by atoms with Gasteiger partial charge in [-0.2, -0.15) is 0 Å². The summed E-state index contributed by atoms with van der Waals surface area (Å²) in [6.45, 7) is 11.8. The average molecular weight is 232 g/mol. The second kappa shape index (κ2) is 5.91. The zero-order valence-corrected chi connectivity index (χ0v) is 11.8. The van der Waals surface area contributed by atoms with Crippen LogP contribution >= 0.6 is 0 Å². The van der Waals surface area contributed by atoms with E-state index in [1.54, 1.807) is 0 Å². The van der Waals surface area contributed by atoms with E-state index in [0.29, 0.717) is 5.41 Å². The molecule has 0 bridgehead atoms. The fraction of sp³-hybridized carbons (Fsp3) is 1.00. The van der Waals surface area contributed by atoms with Crippen LogP contribution in [0.2, 0.25) is 19.1 Å². The van der Waals surface area contributed by atoms with Gasteiger partial charge in [-0.3, -0.25) is 0 Å². The van der Waals surface area contributed by atoms with Gasteiger partial charge in [-0.05, 0) is 5.41 Å². The van der Waals surface area contributed by atoms with Crippen LogP contribution < -0.4 is 0 Å². The van der Waals surface area contributed by atoms with Crippen molar-refractivity contribution in [3.05, 3.63) is 0 Å². The molecule has 0 heterocycles. The van der Waals surface area contributed by atoms with E-state index >= 15 is 0 Å². The maximum atomic E-state index is 2.39. The van der Waals surface area contributed by atoms with Gasteiger partial charge < -0.3 is 0 Å². The van der Waals surface area contributed by atoms with Crippen LogP contribution in [-0.2, 0) is 32.7 Å². The number of rotatable bonds is 3. The third-order valence-electron chi connectivity index (χ3n) is 1.79. The summed E-state index contributed by atoms with van der Waals surface area (Å²) < 4.78 is 0. The summed E-state index contributed by atoms with van der Waals surface area (Å²) in [5.74, 6) is 0. The van der Waals surface area contributed by atoms with Gasteiger partial charge in [0.15, 0.2) is 0 Å². The normalized spacial score (nSPS) is 11.4. The summed E-state index contributed by atoms with van der Waals surface area (Å²) in [6, 6.07) is 1.45. The van der Waals surface area contributed by atoms with Gasteiger partial charge in [-0.25, -0.2) is 0 Å². The standard InChI is InChI=1S/C8H19Si.Y/c1-6-8(2,3)7-9(4)5;/h6-7H2,1-5H3;. The van der Waals surface area contributed by atoms with E-state index in [1.165, 1.54) is 12.5 Å². The first-order valence-electron chi connectivity index (χ1n) is 3.77. The second-order valence-electron chi connectivity index (χ2n) is 3.90. The molecule has 0 unspecified atom stereocenters. The molecule has 0 fully saturated rings. The van der Waals surface area contributed by atoms with Gasteiger partial charge in [0.2, 0.25) is 0 Å². The Morgan fingerprint density at radius 1 is 1.20 bits per heavy atom. The van der Waals surface area contributed by atoms with Crippen LogP contribution in [0.15, 0.2) is 0 Å². The third-order valence-corrected chi connectivity index (χ3v) is 3.45. The molecule has 0 saturated carbocycles. The quantitative estimate of drug-likeness (QED) is 0.655. The molecule has 0 amide bonds. The Kier molecular flexibility index (Phi) is 8.20. The Labute approximate surface area is 92.7 Å². The molecule has 10 heavy (non-hydrogen) atoms. The Bertz CT molecular complexity index is 79.3. The van der Waals surface area contributed by atoms with Gasteiger partial charge in [-0.1, -0.05) is 46.3 Å². The van der Waals surface area contributed by atoms with Crippen LogP contribution in [-0.4, -0.2) is 8.80 Å². The molecule has 0 spiro atoms. The zero-order chi connectivity index (χ0) is 7.49. The largest absolute Gasteiger partial charge is 0.0713 e. The summed E-state index contributed by atoms with van der Waals surface area (Å²) in [4.78, 5) is 0. The summed E-state index contributed by atoms with van der Waals surface area (Å²) >= 11 is 0. The smallest absolute Gasteiger partial charge is 0.0418 e. The fourth-order valence-corrected chi connectivity index (χ4v) is 3.25. The molecule has 0 N–H and O–H groups in total. The van der Waals surface area contributed by atoms with Crippen molar-refractivity contribution < 1.29 is 32.7 Å². The summed E-state index contributed by atoms with van der Waals surface area (Å²) in [7, 11) is -0.00374. The zero-order valence-electron chi connectivity index (χ0n) is 7.99. The van der Waals surface area contributed by atoms with Crippen molar-refractivity contribution in [1.29, 1.82) is 0 Å². The molecule has 0 rings (SSSR count). The maximum Gasteiger partial charge on any atom is 0.0418 e. The minimum Gasteiger partial charge on any atom is -0.0713 e. The summed E-state index contributed by atoms with van der Waals surface area (Å²) in [5.41, 5.74) is 0.609. The van der Waals surface area contributed by atoms with E-state index in [0.717, 1.165) is 0 Å². The van der Waals surface area contributed by atoms with Crippen LogP contribution in [0, 0.1) is 5.41 Å². The van der Waals surface area contributed by atoms with Gasteiger partial charge in [0.25, 0.3) is 0 Å². The van der Waals surface area contributed by atoms with Crippen LogP contribution in [0.25, 0.3) is 0 Å². The molecule has 0 saturated heterocycles. The molecule has 58 valence electrons. The SMILES string of the molecule is CCC(C)(C)C[Si](C)C.[Y]. The molecule has 0 aromatic rings. The van der Waals surface area contributed by atoms with Gasteiger partial charge in [0.05, 0.1) is 0 Å². The third kappa shape index (κ3) is 7.43. The van der Waals surface area contributed by atoms with Crippen LogP contribution in [0.4, 0.5) is 0 Å². The van der Waals surface area contributed by atoms with E-state index in [2.05, 4.69) is 33.9 Å². The summed E-state index contributed by atoms with van der Waals surface area (Å²) in [6.07, 6.45) is 1.32. The van der Waals surface area contributed by atoms with E-state index in [-0.39, 0.29) is 41.5 Å². The molecule has 0 nitrogen and oxygen atoms in total. The van der Waals surface area contributed by atoms with Crippen molar-refractivity contribution in [1.82, 2.24) is 0 Å². The predicted octanol–water partition coefficient (Wildman–Crippen LogP) is 3.17. The first-order valence-corrected chi connectivity index (χ1v) is 6.47. The van der Waals surface area contributed by atoms with Gasteiger partial charge >= 0.3 is 0 Å². The fourth-order valence-electron chi connectivity index (χ4n) is 1.08. The molecule has 2 radical (unpaired) electrons. The van der Waals surface area contributed by atoms with Crippen molar-refractivity contribution in [2.24, 2.45) is 5.41 Å². The molecular weight excluding hydrogens is 213 g/mol. The van der Waals surface area contributed by atoms with Crippen molar-refractivity contribution in [3.8, 4) is 0 Å². The van der Waals surface area contributed by atoms with E-state index in [9.17, 15) is 0 Å². The minimum atomic E-state index is -0.00374. The van der Waals surface area contributed by atoms with Crippen molar-refractivity contribution in [2.45, 2.75) is 46.3 Å². The Morgan fingerprint density at radius 2 is 1.60 bits per heavy atom. The van der Waals surface area contributed by atoms with Gasteiger partial charge in [-0.15, -0.1) is 0 Å². The maximum absolute atomic E-state index is 2.39. The van der Waals surface area contributed by atoms with E-state index in [4.69, 9.17) is 0 Å². The van der Waals surface area contributed by atoms with E-state index < -0.39 is 0 Å². The van der Waals surface area contributed by atoms with E-state index in [1.807, 2.05) is 0 Å². The molecule has 0 aliphatic carbocycles. The number of hydrogen-bond acceptors (Lipinski definition) is 0. The number of hydrogen-bond donors (Lipinski definition) is 0. The van der Waals surface area contributed by atoms with Crippen molar-refractivity contribution in [3.63, 3.8) is 0 Å². The molecule has 0 aliphatic rings. The molecule has 0 aromatic carbocycles. The minimum absolute atomic E-state index is 0. The van der Waals surface area contributed by atoms with Gasteiger partial charge in [0, 0.05) is 41.5 Å². The topological polar surface area (TPSA) is 0 Å². The van der Waals surface area contributed by atoms with Gasteiger partial charge in [0.1, 0.15) is 0 Å². The van der Waals surface area contributed by atoms with Crippen molar-refractivity contribution in [2.75, 3.05) is 0 Å². The van der Waals surface area contributed by atoms with Crippen molar-refractivity contribution >= 4 is 8.80 Å². The molecule has 2 heteroatoms. The summed E-state index contributed by atoms with van der Waals surface area (Å²) in [5, 5.41) is 0. The average Bonchev–Trinajstić information content (AvgIpc) is 1.63. The van der Waals surface area contributed by atoms with Crippen LogP contribution in [0.5, 0.6) is 0 Å². The predicted molar refractivity (Wildman–Crippen MR) is 46.4 cm³/mol. The molecule has 0 atom stereocenters. The molecule has 0 aliphatic heterocycles. The van der Waals surface area contributed by atoms with Crippen LogP contribution in [0.3, 0.4) is 0 Å².